The van der Waals surface area contributed by atoms with E-state index in [0.717, 1.165) is 16.0 Å². The maximum atomic E-state index is 12.0. The number of thiocarbonyl (C=S) groups is 1. The summed E-state index contributed by atoms with van der Waals surface area (Å²) in [4.78, 5) is 12.7. The number of carbonyl (C=O) groups is 1. The Hall–Kier alpha value is -1.84. The highest BCUT2D eigenvalue weighted by atomic mass is 32.1. The minimum Gasteiger partial charge on any atom is -0.382 e. The van der Waals surface area contributed by atoms with E-state index < -0.39 is 5.60 Å². The summed E-state index contributed by atoms with van der Waals surface area (Å²) in [6, 6.07) is 15.1. The van der Waals surface area contributed by atoms with E-state index in [1.165, 1.54) is 19.4 Å². The smallest absolute Gasteiger partial charge is 0.193 e. The standard InChI is InChI=1S/C18H18O2S/c1-12-4-6-13(7-5-12)16(21)14-8-10-15(11-9-14)17(19)18(2,3)20/h4-11,20H,1-3H3. The number of aliphatic hydroxyl groups is 1. The molecule has 0 aliphatic rings. The highest BCUT2D eigenvalue weighted by Gasteiger charge is 2.25. The van der Waals surface area contributed by atoms with Crippen LogP contribution in [0.1, 0.15) is 40.9 Å². The number of aryl methyl sites for hydroxylation is 1. The molecule has 0 aliphatic heterocycles. The van der Waals surface area contributed by atoms with E-state index in [-0.39, 0.29) is 5.78 Å². The first-order valence-corrected chi connectivity index (χ1v) is 7.18. The highest BCUT2D eigenvalue weighted by Crippen LogP contribution is 2.16. The zero-order valence-electron chi connectivity index (χ0n) is 12.4. The Labute approximate surface area is 130 Å². The topological polar surface area (TPSA) is 37.3 Å². The van der Waals surface area contributed by atoms with Crippen molar-refractivity contribution in [3.8, 4) is 0 Å². The Morgan fingerprint density at radius 2 is 1.29 bits per heavy atom. The van der Waals surface area contributed by atoms with Crippen LogP contribution in [0.3, 0.4) is 0 Å². The molecule has 0 fully saturated rings. The second-order valence-corrected chi connectivity index (χ2v) is 6.07. The fraction of sp³-hybridized carbons (Fsp3) is 0.222. The number of benzene rings is 2. The molecule has 0 atom stereocenters. The molecule has 2 rings (SSSR count). The van der Waals surface area contributed by atoms with Gasteiger partial charge in [-0.05, 0) is 31.9 Å². The van der Waals surface area contributed by atoms with Gasteiger partial charge in [-0.1, -0.05) is 66.3 Å². The lowest BCUT2D eigenvalue weighted by Crippen LogP contribution is -2.31. The Balaban J connectivity index is 2.25. The van der Waals surface area contributed by atoms with Gasteiger partial charge in [0.05, 0.1) is 4.86 Å². The van der Waals surface area contributed by atoms with Crippen LogP contribution in [0.15, 0.2) is 48.5 Å². The van der Waals surface area contributed by atoms with Crippen molar-refractivity contribution in [2.45, 2.75) is 26.4 Å². The normalized spacial score (nSPS) is 11.2. The summed E-state index contributed by atoms with van der Waals surface area (Å²) in [7, 11) is 0. The molecular formula is C18H18O2S. The maximum Gasteiger partial charge on any atom is 0.193 e. The van der Waals surface area contributed by atoms with Crippen molar-refractivity contribution in [2.75, 3.05) is 0 Å². The van der Waals surface area contributed by atoms with Crippen molar-refractivity contribution in [1.29, 1.82) is 0 Å². The van der Waals surface area contributed by atoms with Crippen LogP contribution in [0.4, 0.5) is 0 Å². The minimum atomic E-state index is -1.36. The Morgan fingerprint density at radius 3 is 1.71 bits per heavy atom. The van der Waals surface area contributed by atoms with Gasteiger partial charge in [0.15, 0.2) is 5.78 Å². The van der Waals surface area contributed by atoms with Gasteiger partial charge in [0.2, 0.25) is 0 Å². The van der Waals surface area contributed by atoms with E-state index in [9.17, 15) is 9.90 Å². The molecule has 1 N–H and O–H groups in total. The van der Waals surface area contributed by atoms with E-state index in [4.69, 9.17) is 12.2 Å². The molecule has 0 aliphatic carbocycles. The predicted molar refractivity (Wildman–Crippen MR) is 89.1 cm³/mol. The molecule has 0 unspecified atom stereocenters. The molecule has 21 heavy (non-hydrogen) atoms. The monoisotopic (exact) mass is 298 g/mol. The molecule has 2 nitrogen and oxygen atoms in total. The molecular weight excluding hydrogens is 280 g/mol. The van der Waals surface area contributed by atoms with Crippen molar-refractivity contribution < 1.29 is 9.90 Å². The first-order chi connectivity index (χ1) is 9.79. The van der Waals surface area contributed by atoms with Gasteiger partial charge in [-0.3, -0.25) is 4.79 Å². The van der Waals surface area contributed by atoms with Crippen molar-refractivity contribution in [3.05, 3.63) is 70.8 Å². The van der Waals surface area contributed by atoms with E-state index in [2.05, 4.69) is 0 Å². The summed E-state index contributed by atoms with van der Waals surface area (Å²) in [6.07, 6.45) is 0. The van der Waals surface area contributed by atoms with Crippen LogP contribution in [0, 0.1) is 6.92 Å². The van der Waals surface area contributed by atoms with Crippen LogP contribution >= 0.6 is 12.2 Å². The molecule has 2 aromatic rings. The first-order valence-electron chi connectivity index (χ1n) is 6.77. The fourth-order valence-corrected chi connectivity index (χ4v) is 2.27. The number of carbonyl (C=O) groups excluding carboxylic acids is 1. The SMILES string of the molecule is Cc1ccc(C(=S)c2ccc(C(=O)C(C)(C)O)cc2)cc1. The van der Waals surface area contributed by atoms with Crippen LogP contribution < -0.4 is 0 Å². The van der Waals surface area contributed by atoms with Crippen molar-refractivity contribution >= 4 is 22.9 Å². The zero-order valence-corrected chi connectivity index (χ0v) is 13.2. The van der Waals surface area contributed by atoms with Crippen molar-refractivity contribution in [3.63, 3.8) is 0 Å². The number of hydrogen-bond acceptors (Lipinski definition) is 3. The van der Waals surface area contributed by atoms with Crippen LogP contribution in [0.5, 0.6) is 0 Å². The second-order valence-electron chi connectivity index (χ2n) is 5.66. The summed E-state index contributed by atoms with van der Waals surface area (Å²) < 4.78 is 0. The van der Waals surface area contributed by atoms with E-state index in [1.807, 2.05) is 43.3 Å². The Bertz CT molecular complexity index is 662. The molecule has 2 aromatic carbocycles. The molecule has 3 heteroatoms. The molecule has 0 heterocycles. The number of Topliss-reactive ketones (excluding diaryl/α,β-unsaturated/α-hetero) is 1. The van der Waals surface area contributed by atoms with Gasteiger partial charge in [0.25, 0.3) is 0 Å². The third-order valence-electron chi connectivity index (χ3n) is 3.28. The summed E-state index contributed by atoms with van der Waals surface area (Å²) >= 11 is 5.48. The minimum absolute atomic E-state index is 0.296. The largest absolute Gasteiger partial charge is 0.382 e. The highest BCUT2D eigenvalue weighted by molar-refractivity contribution is 7.81. The van der Waals surface area contributed by atoms with E-state index >= 15 is 0 Å². The van der Waals surface area contributed by atoms with Gasteiger partial charge < -0.3 is 5.11 Å². The van der Waals surface area contributed by atoms with Gasteiger partial charge in [0.1, 0.15) is 5.60 Å². The first kappa shape index (κ1) is 15.5. The van der Waals surface area contributed by atoms with Crippen LogP contribution in [0.25, 0.3) is 0 Å². The molecule has 0 spiro atoms. The summed E-state index contributed by atoms with van der Waals surface area (Å²) in [6.45, 7) is 5.00. The second kappa shape index (κ2) is 5.88. The van der Waals surface area contributed by atoms with Gasteiger partial charge in [-0.15, -0.1) is 0 Å². The molecule has 0 aromatic heterocycles. The van der Waals surface area contributed by atoms with Gasteiger partial charge in [-0.2, -0.15) is 0 Å². The summed E-state index contributed by atoms with van der Waals surface area (Å²) in [5.41, 5.74) is 2.18. The molecule has 0 saturated carbocycles. The van der Waals surface area contributed by atoms with Gasteiger partial charge >= 0.3 is 0 Å². The van der Waals surface area contributed by atoms with Gasteiger partial charge in [-0.25, -0.2) is 0 Å². The number of hydrogen-bond donors (Lipinski definition) is 1. The number of ketones is 1. The lowest BCUT2D eigenvalue weighted by molar-refractivity contribution is 0.0488. The summed E-state index contributed by atoms with van der Waals surface area (Å²) in [5.74, 6) is -0.296. The third-order valence-corrected chi connectivity index (χ3v) is 3.75. The third kappa shape index (κ3) is 3.63. The quantitative estimate of drug-likeness (QED) is 0.690. The van der Waals surface area contributed by atoms with E-state index in [1.54, 1.807) is 12.1 Å². The van der Waals surface area contributed by atoms with Crippen LogP contribution in [0.2, 0.25) is 0 Å². The van der Waals surface area contributed by atoms with Crippen LogP contribution in [-0.4, -0.2) is 21.4 Å². The molecule has 0 radical (unpaired) electrons. The lowest BCUT2D eigenvalue weighted by atomic mass is 9.95. The average molecular weight is 298 g/mol. The predicted octanol–water partition coefficient (Wildman–Crippen LogP) is 3.71. The van der Waals surface area contributed by atoms with Crippen LogP contribution in [-0.2, 0) is 0 Å². The van der Waals surface area contributed by atoms with E-state index in [0.29, 0.717) is 5.56 Å². The lowest BCUT2D eigenvalue weighted by Gasteiger charge is -2.15. The number of rotatable bonds is 4. The van der Waals surface area contributed by atoms with Crippen molar-refractivity contribution in [2.24, 2.45) is 0 Å². The molecule has 0 bridgehead atoms. The Kier molecular flexibility index (Phi) is 4.35. The summed E-state index contributed by atoms with van der Waals surface area (Å²) in [5, 5.41) is 9.75. The molecule has 0 saturated heterocycles. The fourth-order valence-electron chi connectivity index (χ4n) is 2.00. The zero-order chi connectivity index (χ0) is 15.6. The maximum absolute atomic E-state index is 12.0. The Morgan fingerprint density at radius 1 is 0.905 bits per heavy atom. The average Bonchev–Trinajstić information content (AvgIpc) is 2.46. The molecule has 108 valence electrons. The molecule has 0 amide bonds. The van der Waals surface area contributed by atoms with Crippen molar-refractivity contribution in [1.82, 2.24) is 0 Å². The van der Waals surface area contributed by atoms with Gasteiger partial charge in [0, 0.05) is 5.56 Å².